The molecule has 0 saturated carbocycles. The van der Waals surface area contributed by atoms with E-state index in [0.29, 0.717) is 12.8 Å². The van der Waals surface area contributed by atoms with Gasteiger partial charge in [0.15, 0.2) is 0 Å². The Bertz CT molecular complexity index is 210. The molecule has 1 amide bonds. The third-order valence-corrected chi connectivity index (χ3v) is 2.71. The summed E-state index contributed by atoms with van der Waals surface area (Å²) in [6.45, 7) is 7.41. The Labute approximate surface area is 92.0 Å². The van der Waals surface area contributed by atoms with Crippen LogP contribution in [0.4, 0.5) is 0 Å². The molecule has 0 fully saturated rings. The first-order valence-corrected chi connectivity index (χ1v) is 5.25. The van der Waals surface area contributed by atoms with E-state index in [1.807, 2.05) is 27.7 Å². The van der Waals surface area contributed by atoms with Gasteiger partial charge in [0.2, 0.25) is 5.91 Å². The number of amides is 1. The number of carbonyl (C=O) groups is 1. The highest BCUT2D eigenvalue weighted by atomic mass is 16.5. The van der Waals surface area contributed by atoms with Crippen LogP contribution in [0, 0.1) is 0 Å². The van der Waals surface area contributed by atoms with E-state index in [1.165, 1.54) is 0 Å². The van der Waals surface area contributed by atoms with E-state index >= 15 is 0 Å². The number of carbonyl (C=O) groups excluding carboxylic acids is 1. The van der Waals surface area contributed by atoms with Crippen molar-refractivity contribution in [2.75, 3.05) is 13.7 Å². The van der Waals surface area contributed by atoms with Gasteiger partial charge in [-0.15, -0.1) is 0 Å². The van der Waals surface area contributed by atoms with Gasteiger partial charge in [-0.3, -0.25) is 4.79 Å². The quantitative estimate of drug-likeness (QED) is 0.700. The lowest BCUT2D eigenvalue weighted by molar-refractivity contribution is -0.128. The number of aliphatic hydroxyl groups excluding tert-OH is 1. The largest absolute Gasteiger partial charge is 0.394 e. The lowest BCUT2D eigenvalue weighted by Gasteiger charge is -2.29. The van der Waals surface area contributed by atoms with Gasteiger partial charge in [-0.25, -0.2) is 0 Å². The molecule has 0 aromatic heterocycles. The highest BCUT2D eigenvalue weighted by Gasteiger charge is 2.27. The van der Waals surface area contributed by atoms with E-state index in [4.69, 9.17) is 9.84 Å². The number of aliphatic hydroxyl groups is 1. The minimum absolute atomic E-state index is 0.0529. The maximum absolute atomic E-state index is 11.6. The summed E-state index contributed by atoms with van der Waals surface area (Å²) in [5.74, 6) is -0.0970. The monoisotopic (exact) mass is 217 g/mol. The van der Waals surface area contributed by atoms with Crippen molar-refractivity contribution in [3.8, 4) is 0 Å². The second kappa shape index (κ2) is 5.47. The molecule has 0 bridgehead atoms. The summed E-state index contributed by atoms with van der Waals surface area (Å²) in [6.07, 6.45) is 0.988. The number of hydrogen-bond acceptors (Lipinski definition) is 3. The second-order valence-electron chi connectivity index (χ2n) is 4.76. The molecule has 0 rings (SSSR count). The molecular weight excluding hydrogens is 194 g/mol. The molecule has 0 aliphatic rings. The molecule has 0 aromatic carbocycles. The van der Waals surface area contributed by atoms with Crippen LogP contribution >= 0.6 is 0 Å². The Balaban J connectivity index is 4.26. The van der Waals surface area contributed by atoms with Crippen molar-refractivity contribution in [2.45, 2.75) is 51.7 Å². The van der Waals surface area contributed by atoms with E-state index in [9.17, 15) is 4.79 Å². The van der Waals surface area contributed by atoms with Crippen LogP contribution in [0.1, 0.15) is 40.5 Å². The van der Waals surface area contributed by atoms with Gasteiger partial charge in [-0.05, 0) is 27.2 Å². The number of methoxy groups -OCH3 is 1. The Morgan fingerprint density at radius 3 is 2.27 bits per heavy atom. The lowest BCUT2D eigenvalue weighted by Crippen LogP contribution is -2.50. The highest BCUT2D eigenvalue weighted by molar-refractivity contribution is 5.77. The maximum atomic E-state index is 11.6. The molecule has 0 spiro atoms. The highest BCUT2D eigenvalue weighted by Crippen LogP contribution is 2.14. The Kier molecular flexibility index (Phi) is 5.24. The fourth-order valence-corrected chi connectivity index (χ4v) is 1.08. The first-order chi connectivity index (χ1) is 6.78. The lowest BCUT2D eigenvalue weighted by atomic mass is 9.98. The summed E-state index contributed by atoms with van der Waals surface area (Å²) in [5, 5.41) is 12.0. The Hall–Kier alpha value is -0.610. The third kappa shape index (κ3) is 5.14. The summed E-state index contributed by atoms with van der Waals surface area (Å²) in [5.41, 5.74) is -0.991. The van der Waals surface area contributed by atoms with E-state index in [2.05, 4.69) is 5.32 Å². The van der Waals surface area contributed by atoms with E-state index < -0.39 is 11.1 Å². The molecule has 90 valence electrons. The van der Waals surface area contributed by atoms with Crippen molar-refractivity contribution in [1.29, 1.82) is 0 Å². The summed E-state index contributed by atoms with van der Waals surface area (Å²) >= 11 is 0. The number of hydrogen-bond donors (Lipinski definition) is 2. The Morgan fingerprint density at radius 1 is 1.40 bits per heavy atom. The first-order valence-electron chi connectivity index (χ1n) is 5.25. The van der Waals surface area contributed by atoms with Gasteiger partial charge < -0.3 is 15.2 Å². The van der Waals surface area contributed by atoms with Crippen LogP contribution in [0.3, 0.4) is 0 Å². The molecule has 4 nitrogen and oxygen atoms in total. The van der Waals surface area contributed by atoms with Crippen LogP contribution in [-0.4, -0.2) is 35.9 Å². The smallest absolute Gasteiger partial charge is 0.223 e. The molecule has 0 aromatic rings. The molecule has 1 unspecified atom stereocenters. The van der Waals surface area contributed by atoms with Crippen LogP contribution in [-0.2, 0) is 9.53 Å². The van der Waals surface area contributed by atoms with E-state index in [0.717, 1.165) is 0 Å². The molecule has 0 aliphatic carbocycles. The average Bonchev–Trinajstić information content (AvgIpc) is 2.16. The predicted octanol–water partition coefficient (Wildman–Crippen LogP) is 1.08. The normalized spacial score (nSPS) is 15.9. The molecule has 0 aliphatic heterocycles. The minimum Gasteiger partial charge on any atom is -0.394 e. The van der Waals surface area contributed by atoms with Gasteiger partial charge in [0, 0.05) is 7.11 Å². The molecule has 4 heteroatoms. The molecular formula is C11H23NO3. The zero-order valence-electron chi connectivity index (χ0n) is 10.4. The number of nitrogens with one attached hydrogen (secondary N) is 1. The SMILES string of the molecule is CCC(C)(CO)NC(=O)CC(C)(C)OC. The molecule has 15 heavy (non-hydrogen) atoms. The average molecular weight is 217 g/mol. The van der Waals surface area contributed by atoms with E-state index in [-0.39, 0.29) is 12.5 Å². The topological polar surface area (TPSA) is 58.6 Å². The molecule has 2 N–H and O–H groups in total. The van der Waals surface area contributed by atoms with Gasteiger partial charge in [-0.2, -0.15) is 0 Å². The fraction of sp³-hybridized carbons (Fsp3) is 0.909. The fourth-order valence-electron chi connectivity index (χ4n) is 1.08. The zero-order chi connectivity index (χ0) is 12.1. The van der Waals surface area contributed by atoms with E-state index in [1.54, 1.807) is 7.11 Å². The Morgan fingerprint density at radius 2 is 1.93 bits per heavy atom. The number of rotatable bonds is 6. The summed E-state index contributed by atoms with van der Waals surface area (Å²) in [7, 11) is 1.58. The van der Waals surface area contributed by atoms with Crippen LogP contribution in [0.5, 0.6) is 0 Å². The van der Waals surface area contributed by atoms with Crippen molar-refractivity contribution in [2.24, 2.45) is 0 Å². The van der Waals surface area contributed by atoms with Crippen LogP contribution < -0.4 is 5.32 Å². The van der Waals surface area contributed by atoms with Gasteiger partial charge in [-0.1, -0.05) is 6.92 Å². The first kappa shape index (κ1) is 14.4. The molecule has 1 atom stereocenters. The standard InChI is InChI=1S/C11H23NO3/c1-6-11(4,8-13)12-9(14)7-10(2,3)15-5/h13H,6-8H2,1-5H3,(H,12,14). The molecule has 0 radical (unpaired) electrons. The summed E-state index contributed by atoms with van der Waals surface area (Å²) in [4.78, 5) is 11.6. The second-order valence-corrected chi connectivity index (χ2v) is 4.76. The zero-order valence-corrected chi connectivity index (χ0v) is 10.4. The predicted molar refractivity (Wildman–Crippen MR) is 59.6 cm³/mol. The van der Waals surface area contributed by atoms with Crippen LogP contribution in [0.15, 0.2) is 0 Å². The molecule has 0 saturated heterocycles. The van der Waals surface area contributed by atoms with Crippen molar-refractivity contribution in [3.63, 3.8) is 0 Å². The minimum atomic E-state index is -0.527. The van der Waals surface area contributed by atoms with Crippen molar-refractivity contribution < 1.29 is 14.6 Å². The van der Waals surface area contributed by atoms with Gasteiger partial charge in [0.05, 0.1) is 24.2 Å². The van der Waals surface area contributed by atoms with Gasteiger partial charge in [0.1, 0.15) is 0 Å². The van der Waals surface area contributed by atoms with Gasteiger partial charge >= 0.3 is 0 Å². The third-order valence-electron chi connectivity index (χ3n) is 2.71. The van der Waals surface area contributed by atoms with Crippen molar-refractivity contribution in [1.82, 2.24) is 5.32 Å². The number of ether oxygens (including phenoxy) is 1. The van der Waals surface area contributed by atoms with Gasteiger partial charge in [0.25, 0.3) is 0 Å². The summed E-state index contributed by atoms with van der Waals surface area (Å²) < 4.78 is 5.17. The summed E-state index contributed by atoms with van der Waals surface area (Å²) in [6, 6.07) is 0. The maximum Gasteiger partial charge on any atom is 0.223 e. The van der Waals surface area contributed by atoms with Crippen LogP contribution in [0.25, 0.3) is 0 Å². The van der Waals surface area contributed by atoms with Crippen LogP contribution in [0.2, 0.25) is 0 Å². The van der Waals surface area contributed by atoms with Crippen molar-refractivity contribution >= 4 is 5.91 Å². The molecule has 0 heterocycles. The van der Waals surface area contributed by atoms with Crippen molar-refractivity contribution in [3.05, 3.63) is 0 Å².